The monoisotopic (exact) mass is 349 g/mol. The summed E-state index contributed by atoms with van der Waals surface area (Å²) >= 11 is 1.24. The molecule has 0 spiro atoms. The van der Waals surface area contributed by atoms with Crippen molar-refractivity contribution in [1.29, 1.82) is 0 Å². The van der Waals surface area contributed by atoms with E-state index >= 15 is 0 Å². The molecule has 0 bridgehead atoms. The summed E-state index contributed by atoms with van der Waals surface area (Å²) in [6.07, 6.45) is 3.51. The van der Waals surface area contributed by atoms with E-state index in [-0.39, 0.29) is 0 Å². The second-order valence-corrected chi connectivity index (χ2v) is 6.24. The molecule has 0 unspecified atom stereocenters. The maximum Gasteiger partial charge on any atom is 0.413 e. The fourth-order valence-corrected chi connectivity index (χ4v) is 2.86. The Kier molecular flexibility index (Phi) is 6.30. The van der Waals surface area contributed by atoms with Crippen LogP contribution < -0.4 is 5.32 Å². The van der Waals surface area contributed by atoms with Gasteiger partial charge in [-0.15, -0.1) is 10.2 Å². The first-order valence-corrected chi connectivity index (χ1v) is 8.33. The summed E-state index contributed by atoms with van der Waals surface area (Å²) in [6.45, 7) is 4.47. The van der Waals surface area contributed by atoms with Crippen LogP contribution in [0.25, 0.3) is 11.4 Å². The van der Waals surface area contributed by atoms with Gasteiger partial charge in [0.2, 0.25) is 5.91 Å². The average molecular weight is 349 g/mol. The minimum atomic E-state index is -0.778. The number of rotatable bonds is 6. The van der Waals surface area contributed by atoms with Gasteiger partial charge in [-0.1, -0.05) is 18.7 Å². The second-order valence-electron chi connectivity index (χ2n) is 4.93. The standard InChI is InChI=1S/C15H19N5O3S/c1-4-9-20-12(11-5-7-16-8-6-11)18-19-14(20)24-10(2)13(21)17-15(22)23-3/h5-8,10H,4,9H2,1-3H3,(H,17,21,22)/t10-/m0/s1. The van der Waals surface area contributed by atoms with Gasteiger partial charge < -0.3 is 9.30 Å². The lowest BCUT2D eigenvalue weighted by Crippen LogP contribution is -2.36. The van der Waals surface area contributed by atoms with Crippen LogP contribution in [-0.2, 0) is 16.1 Å². The van der Waals surface area contributed by atoms with E-state index in [2.05, 4.69) is 32.2 Å². The third-order valence-corrected chi connectivity index (χ3v) is 4.25. The molecule has 24 heavy (non-hydrogen) atoms. The lowest BCUT2D eigenvalue weighted by Gasteiger charge is -2.12. The molecule has 8 nitrogen and oxygen atoms in total. The van der Waals surface area contributed by atoms with Gasteiger partial charge in [0.25, 0.3) is 0 Å². The summed E-state index contributed by atoms with van der Waals surface area (Å²) in [7, 11) is 1.21. The first kappa shape index (κ1) is 17.9. The van der Waals surface area contributed by atoms with E-state index in [9.17, 15) is 9.59 Å². The van der Waals surface area contributed by atoms with Crippen LogP contribution in [0.2, 0.25) is 0 Å². The molecule has 2 aromatic heterocycles. The zero-order valence-corrected chi connectivity index (χ0v) is 14.5. The summed E-state index contributed by atoms with van der Waals surface area (Å²) in [5.41, 5.74) is 0.907. The normalized spacial score (nSPS) is 11.8. The third kappa shape index (κ3) is 4.31. The number of hydrogen-bond donors (Lipinski definition) is 1. The number of nitrogens with zero attached hydrogens (tertiary/aromatic N) is 4. The number of hydrogen-bond acceptors (Lipinski definition) is 7. The number of alkyl carbamates (subject to hydrolysis) is 1. The van der Waals surface area contributed by atoms with Gasteiger partial charge in [0.05, 0.1) is 12.4 Å². The second kappa shape index (κ2) is 8.44. The Morgan fingerprint density at radius 3 is 2.67 bits per heavy atom. The van der Waals surface area contributed by atoms with E-state index in [1.807, 2.05) is 16.7 Å². The first-order chi connectivity index (χ1) is 11.6. The predicted molar refractivity (Wildman–Crippen MR) is 89.4 cm³/mol. The molecule has 1 N–H and O–H groups in total. The number of carbonyl (C=O) groups excluding carboxylic acids is 2. The van der Waals surface area contributed by atoms with Crippen LogP contribution in [0.4, 0.5) is 4.79 Å². The molecule has 9 heteroatoms. The Bertz CT molecular complexity index is 704. The number of imide groups is 1. The fraction of sp³-hybridized carbons (Fsp3) is 0.400. The van der Waals surface area contributed by atoms with Crippen LogP contribution in [0.1, 0.15) is 20.3 Å². The zero-order valence-electron chi connectivity index (χ0n) is 13.7. The lowest BCUT2D eigenvalue weighted by molar-refractivity contribution is -0.119. The van der Waals surface area contributed by atoms with Crippen LogP contribution in [0.15, 0.2) is 29.7 Å². The number of ether oxygens (including phenoxy) is 1. The summed E-state index contributed by atoms with van der Waals surface area (Å²) in [5, 5.41) is 10.7. The van der Waals surface area contributed by atoms with Gasteiger partial charge in [-0.05, 0) is 25.5 Å². The highest BCUT2D eigenvalue weighted by Crippen LogP contribution is 2.26. The highest BCUT2D eigenvalue weighted by Gasteiger charge is 2.22. The Morgan fingerprint density at radius 1 is 1.33 bits per heavy atom. The maximum absolute atomic E-state index is 12.0. The predicted octanol–water partition coefficient (Wildman–Crippen LogP) is 2.11. The number of aromatic nitrogens is 4. The number of thioether (sulfide) groups is 1. The lowest BCUT2D eigenvalue weighted by atomic mass is 10.2. The smallest absolute Gasteiger partial charge is 0.413 e. The Balaban J connectivity index is 2.20. The van der Waals surface area contributed by atoms with Gasteiger partial charge in [0.15, 0.2) is 11.0 Å². The molecule has 2 aromatic rings. The summed E-state index contributed by atoms with van der Waals surface area (Å²) in [4.78, 5) is 27.1. The SMILES string of the molecule is CCCn1c(S[C@@H](C)C(=O)NC(=O)OC)nnc1-c1ccncc1. The zero-order chi connectivity index (χ0) is 17.5. The molecule has 0 aliphatic carbocycles. The minimum absolute atomic E-state index is 0.441. The molecule has 1 atom stereocenters. The molecule has 0 aromatic carbocycles. The van der Waals surface area contributed by atoms with Crippen LogP contribution in [0.3, 0.4) is 0 Å². The van der Waals surface area contributed by atoms with E-state index < -0.39 is 17.3 Å². The van der Waals surface area contributed by atoms with E-state index in [1.54, 1.807) is 19.3 Å². The van der Waals surface area contributed by atoms with Crippen molar-refractivity contribution >= 4 is 23.8 Å². The molecule has 0 aliphatic heterocycles. The highest BCUT2D eigenvalue weighted by molar-refractivity contribution is 8.00. The topological polar surface area (TPSA) is 99.0 Å². The summed E-state index contributed by atoms with van der Waals surface area (Å²) in [5.74, 6) is 0.283. The highest BCUT2D eigenvalue weighted by atomic mass is 32.2. The largest absolute Gasteiger partial charge is 0.453 e. The van der Waals surface area contributed by atoms with E-state index in [1.165, 1.54) is 18.9 Å². The van der Waals surface area contributed by atoms with Gasteiger partial charge in [-0.3, -0.25) is 15.1 Å². The Morgan fingerprint density at radius 2 is 2.04 bits per heavy atom. The van der Waals surface area contributed by atoms with Crippen LogP contribution in [0.5, 0.6) is 0 Å². The maximum atomic E-state index is 12.0. The average Bonchev–Trinajstić information content (AvgIpc) is 2.98. The van der Waals surface area contributed by atoms with Crippen molar-refractivity contribution in [3.8, 4) is 11.4 Å². The van der Waals surface area contributed by atoms with Gasteiger partial charge in [-0.2, -0.15) is 0 Å². The van der Waals surface area contributed by atoms with Gasteiger partial charge in [0.1, 0.15) is 0 Å². The van der Waals surface area contributed by atoms with Crippen LogP contribution in [-0.4, -0.2) is 44.1 Å². The number of carbonyl (C=O) groups is 2. The Labute approximate surface area is 144 Å². The molecule has 2 rings (SSSR count). The number of amides is 2. The molecular weight excluding hydrogens is 330 g/mol. The fourth-order valence-electron chi connectivity index (χ4n) is 1.98. The quantitative estimate of drug-likeness (QED) is 0.797. The number of pyridine rings is 1. The summed E-state index contributed by atoms with van der Waals surface area (Å²) in [6, 6.07) is 3.72. The third-order valence-electron chi connectivity index (χ3n) is 3.16. The van der Waals surface area contributed by atoms with Crippen LogP contribution in [0, 0.1) is 0 Å². The molecule has 0 aliphatic rings. The van der Waals surface area contributed by atoms with Gasteiger partial charge in [0, 0.05) is 24.5 Å². The minimum Gasteiger partial charge on any atom is -0.453 e. The number of methoxy groups -OCH3 is 1. The van der Waals surface area contributed by atoms with Gasteiger partial charge in [-0.25, -0.2) is 4.79 Å². The first-order valence-electron chi connectivity index (χ1n) is 7.45. The molecule has 2 amide bonds. The van der Waals surface area contributed by atoms with Crippen molar-refractivity contribution in [2.75, 3.05) is 7.11 Å². The van der Waals surface area contributed by atoms with Crippen molar-refractivity contribution in [3.05, 3.63) is 24.5 Å². The molecule has 2 heterocycles. The van der Waals surface area contributed by atoms with Gasteiger partial charge >= 0.3 is 6.09 Å². The molecule has 128 valence electrons. The van der Waals surface area contributed by atoms with E-state index in [0.717, 1.165) is 24.4 Å². The molecule has 0 saturated carbocycles. The summed E-state index contributed by atoms with van der Waals surface area (Å²) < 4.78 is 6.39. The van der Waals surface area contributed by atoms with Crippen molar-refractivity contribution in [2.24, 2.45) is 0 Å². The van der Waals surface area contributed by atoms with Crippen LogP contribution >= 0.6 is 11.8 Å². The van der Waals surface area contributed by atoms with Crippen molar-refractivity contribution in [3.63, 3.8) is 0 Å². The number of nitrogens with one attached hydrogen (secondary N) is 1. The molecular formula is C15H19N5O3S. The molecule has 0 saturated heterocycles. The molecule has 0 radical (unpaired) electrons. The van der Waals surface area contributed by atoms with Crippen molar-refractivity contribution in [1.82, 2.24) is 25.1 Å². The van der Waals surface area contributed by atoms with Crippen molar-refractivity contribution < 1.29 is 14.3 Å². The van der Waals surface area contributed by atoms with Crippen molar-refractivity contribution in [2.45, 2.75) is 37.2 Å². The van der Waals surface area contributed by atoms with E-state index in [0.29, 0.717) is 5.16 Å². The molecule has 0 fully saturated rings. The van der Waals surface area contributed by atoms with E-state index in [4.69, 9.17) is 0 Å². The Hall–Kier alpha value is -2.42.